The molecule has 34 heavy (non-hydrogen) atoms. The number of rotatable bonds is 21. The van der Waals surface area contributed by atoms with E-state index in [2.05, 4.69) is 6.26 Å². The van der Waals surface area contributed by atoms with Crippen molar-refractivity contribution in [1.82, 2.24) is 4.90 Å². The van der Waals surface area contributed by atoms with E-state index < -0.39 is 0 Å². The van der Waals surface area contributed by atoms with Crippen LogP contribution in [0, 0.1) is 0 Å². The quantitative estimate of drug-likeness (QED) is 0.169. The summed E-state index contributed by atoms with van der Waals surface area (Å²) in [6.07, 6.45) is 5.14. The van der Waals surface area contributed by atoms with Gasteiger partial charge in [-0.15, -0.1) is 0 Å². The third-order valence-corrected chi connectivity index (χ3v) is 6.06. The van der Waals surface area contributed by atoms with Crippen LogP contribution in [0.4, 0.5) is 4.79 Å². The van der Waals surface area contributed by atoms with Gasteiger partial charge in [0.2, 0.25) is 0 Å². The van der Waals surface area contributed by atoms with E-state index in [1.807, 2.05) is 18.7 Å². The normalized spacial score (nSPS) is 14.4. The minimum Gasteiger partial charge on any atom is -0.463 e. The summed E-state index contributed by atoms with van der Waals surface area (Å²) in [4.78, 5) is 24.9. The van der Waals surface area contributed by atoms with Crippen LogP contribution in [0.25, 0.3) is 0 Å². The highest BCUT2D eigenvalue weighted by molar-refractivity contribution is 7.99. The summed E-state index contributed by atoms with van der Waals surface area (Å²) in [6, 6.07) is 0. The van der Waals surface area contributed by atoms with Crippen LogP contribution in [0.15, 0.2) is 0 Å². The standard InChI is InChI=1S/C23H43NO9S/c1-3-4-22(25)32-19-17-30-15-13-28-11-9-27-10-12-29-14-16-31-18-20-33-23(26)24-7-5-21(34-2)6-8-24/h21H,3-20H2,1-2H3. The van der Waals surface area contributed by atoms with Crippen molar-refractivity contribution in [3.8, 4) is 0 Å². The van der Waals surface area contributed by atoms with E-state index >= 15 is 0 Å². The fourth-order valence-electron chi connectivity index (χ4n) is 3.03. The van der Waals surface area contributed by atoms with Crippen LogP contribution in [0.3, 0.4) is 0 Å². The van der Waals surface area contributed by atoms with Gasteiger partial charge in [0, 0.05) is 24.8 Å². The summed E-state index contributed by atoms with van der Waals surface area (Å²) in [5.41, 5.74) is 0. The summed E-state index contributed by atoms with van der Waals surface area (Å²) in [5, 5.41) is 0.651. The van der Waals surface area contributed by atoms with Gasteiger partial charge in [-0.05, 0) is 25.5 Å². The maximum absolute atomic E-state index is 12.0. The number of piperidine rings is 1. The SMILES string of the molecule is CCCC(=O)OCCOCCOCCOCCOCCOCCOC(=O)N1CCC(SC)CC1. The van der Waals surface area contributed by atoms with Gasteiger partial charge in [0.05, 0.1) is 66.1 Å². The Bertz CT molecular complexity index is 505. The van der Waals surface area contributed by atoms with Gasteiger partial charge in [-0.2, -0.15) is 11.8 Å². The van der Waals surface area contributed by atoms with E-state index in [0.717, 1.165) is 32.4 Å². The number of hydrogen-bond donors (Lipinski definition) is 0. The fraction of sp³-hybridized carbons (Fsp3) is 0.913. The molecular formula is C23H43NO9S. The Morgan fingerprint density at radius 3 is 1.53 bits per heavy atom. The number of amides is 1. The predicted octanol–water partition coefficient (Wildman–Crippen LogP) is 2.38. The summed E-state index contributed by atoms with van der Waals surface area (Å²) in [5.74, 6) is -0.189. The summed E-state index contributed by atoms with van der Waals surface area (Å²) in [7, 11) is 0. The molecule has 200 valence electrons. The second-order valence-corrected chi connectivity index (χ2v) is 8.71. The molecule has 1 aliphatic rings. The molecule has 1 heterocycles. The van der Waals surface area contributed by atoms with Crippen molar-refractivity contribution in [2.75, 3.05) is 98.6 Å². The molecular weight excluding hydrogens is 466 g/mol. The van der Waals surface area contributed by atoms with Gasteiger partial charge in [0.25, 0.3) is 0 Å². The Kier molecular flexibility index (Phi) is 20.3. The van der Waals surface area contributed by atoms with Crippen LogP contribution < -0.4 is 0 Å². The van der Waals surface area contributed by atoms with Gasteiger partial charge in [-0.1, -0.05) is 6.92 Å². The molecule has 0 N–H and O–H groups in total. The number of hydrogen-bond acceptors (Lipinski definition) is 10. The van der Waals surface area contributed by atoms with Crippen molar-refractivity contribution in [3.05, 3.63) is 0 Å². The molecule has 1 saturated heterocycles. The van der Waals surface area contributed by atoms with E-state index in [1.54, 1.807) is 4.90 Å². The van der Waals surface area contributed by atoms with E-state index in [0.29, 0.717) is 77.7 Å². The fourth-order valence-corrected chi connectivity index (χ4v) is 3.71. The molecule has 0 aliphatic carbocycles. The van der Waals surface area contributed by atoms with Crippen LogP contribution in [-0.2, 0) is 38.0 Å². The van der Waals surface area contributed by atoms with Crippen molar-refractivity contribution >= 4 is 23.8 Å². The molecule has 0 spiro atoms. The molecule has 0 aromatic rings. The monoisotopic (exact) mass is 509 g/mol. The minimum atomic E-state index is -0.252. The summed E-state index contributed by atoms with van der Waals surface area (Å²) < 4.78 is 37.2. The number of nitrogens with zero attached hydrogens (tertiary/aromatic N) is 1. The summed E-state index contributed by atoms with van der Waals surface area (Å²) >= 11 is 1.86. The molecule has 0 bridgehead atoms. The van der Waals surface area contributed by atoms with Gasteiger partial charge >= 0.3 is 12.1 Å². The first-order chi connectivity index (χ1) is 16.7. The van der Waals surface area contributed by atoms with Crippen LogP contribution in [0.1, 0.15) is 32.6 Å². The molecule has 1 amide bonds. The maximum Gasteiger partial charge on any atom is 0.409 e. The molecule has 0 aromatic carbocycles. The Morgan fingerprint density at radius 2 is 1.12 bits per heavy atom. The first-order valence-corrected chi connectivity index (χ1v) is 13.4. The Labute approximate surface area is 208 Å². The molecule has 0 saturated carbocycles. The second-order valence-electron chi connectivity index (χ2n) is 7.57. The number of ether oxygens (including phenoxy) is 7. The number of esters is 1. The van der Waals surface area contributed by atoms with Gasteiger partial charge in [-0.3, -0.25) is 4.79 Å². The highest BCUT2D eigenvalue weighted by Crippen LogP contribution is 2.21. The van der Waals surface area contributed by atoms with Gasteiger partial charge in [-0.25, -0.2) is 4.79 Å². The lowest BCUT2D eigenvalue weighted by Gasteiger charge is -2.30. The third kappa shape index (κ3) is 17.3. The number of thioether (sulfide) groups is 1. The van der Waals surface area contributed by atoms with Crippen LogP contribution in [-0.4, -0.2) is 121 Å². The predicted molar refractivity (Wildman–Crippen MR) is 129 cm³/mol. The lowest BCUT2D eigenvalue weighted by Crippen LogP contribution is -2.39. The lowest BCUT2D eigenvalue weighted by molar-refractivity contribution is -0.145. The molecule has 10 nitrogen and oxygen atoms in total. The van der Waals surface area contributed by atoms with Crippen molar-refractivity contribution in [2.24, 2.45) is 0 Å². The highest BCUT2D eigenvalue weighted by Gasteiger charge is 2.22. The van der Waals surface area contributed by atoms with Gasteiger partial charge < -0.3 is 38.1 Å². The smallest absolute Gasteiger partial charge is 0.409 e. The Hall–Kier alpha value is -1.11. The van der Waals surface area contributed by atoms with E-state index in [-0.39, 0.29) is 25.3 Å². The number of likely N-dealkylation sites (tertiary alicyclic amines) is 1. The molecule has 1 fully saturated rings. The van der Waals surface area contributed by atoms with Crippen LogP contribution in [0.2, 0.25) is 0 Å². The molecule has 1 rings (SSSR count). The van der Waals surface area contributed by atoms with Gasteiger partial charge in [0.15, 0.2) is 0 Å². The van der Waals surface area contributed by atoms with Crippen LogP contribution in [0.5, 0.6) is 0 Å². The van der Waals surface area contributed by atoms with Crippen LogP contribution >= 0.6 is 11.8 Å². The topological polar surface area (TPSA) is 102 Å². The van der Waals surface area contributed by atoms with Crippen molar-refractivity contribution in [1.29, 1.82) is 0 Å². The lowest BCUT2D eigenvalue weighted by atomic mass is 10.1. The average molecular weight is 510 g/mol. The van der Waals surface area contributed by atoms with Crippen molar-refractivity contribution in [2.45, 2.75) is 37.9 Å². The van der Waals surface area contributed by atoms with E-state index in [4.69, 9.17) is 33.2 Å². The largest absolute Gasteiger partial charge is 0.463 e. The zero-order valence-electron chi connectivity index (χ0n) is 20.8. The molecule has 0 unspecified atom stereocenters. The number of carbonyl (C=O) groups is 2. The second kappa shape index (κ2) is 22.4. The van der Waals surface area contributed by atoms with E-state index in [1.165, 1.54) is 0 Å². The zero-order valence-corrected chi connectivity index (χ0v) is 21.7. The highest BCUT2D eigenvalue weighted by atomic mass is 32.2. The molecule has 0 aromatic heterocycles. The number of carbonyl (C=O) groups excluding carboxylic acids is 2. The molecule has 11 heteroatoms. The minimum absolute atomic E-state index is 0.189. The van der Waals surface area contributed by atoms with Gasteiger partial charge in [0.1, 0.15) is 13.2 Å². The zero-order chi connectivity index (χ0) is 24.7. The van der Waals surface area contributed by atoms with Crippen molar-refractivity contribution < 1.29 is 42.7 Å². The Balaban J connectivity index is 1.73. The first kappa shape index (κ1) is 30.9. The molecule has 0 radical (unpaired) electrons. The summed E-state index contributed by atoms with van der Waals surface area (Å²) in [6.45, 7) is 8.45. The third-order valence-electron chi connectivity index (χ3n) is 4.92. The van der Waals surface area contributed by atoms with E-state index in [9.17, 15) is 9.59 Å². The maximum atomic E-state index is 12.0. The Morgan fingerprint density at radius 1 is 0.706 bits per heavy atom. The van der Waals surface area contributed by atoms with Crippen molar-refractivity contribution in [3.63, 3.8) is 0 Å². The average Bonchev–Trinajstić information content (AvgIpc) is 2.85. The first-order valence-electron chi connectivity index (χ1n) is 12.2. The molecule has 0 atom stereocenters. The molecule has 1 aliphatic heterocycles.